The standard InChI is InChI=1S/C16H15BrO4/c1-11-14(16(18)19)3-2-4-15(11)21-10-9-20-13-7-5-12(17)6-8-13/h2-8H,9-10H2,1H3,(H,18,19). The summed E-state index contributed by atoms with van der Waals surface area (Å²) in [5.41, 5.74) is 0.870. The molecular formula is C16H15BrO4. The second-order valence-electron chi connectivity index (χ2n) is 4.38. The summed E-state index contributed by atoms with van der Waals surface area (Å²) in [6.45, 7) is 2.46. The van der Waals surface area contributed by atoms with E-state index in [1.54, 1.807) is 25.1 Å². The molecule has 0 amide bonds. The van der Waals surface area contributed by atoms with Crippen molar-refractivity contribution >= 4 is 21.9 Å². The van der Waals surface area contributed by atoms with Crippen LogP contribution in [-0.2, 0) is 0 Å². The van der Waals surface area contributed by atoms with Gasteiger partial charge >= 0.3 is 5.97 Å². The first-order chi connectivity index (χ1) is 10.1. The predicted octanol–water partition coefficient (Wildman–Crippen LogP) is 3.91. The highest BCUT2D eigenvalue weighted by Crippen LogP contribution is 2.21. The Bertz CT molecular complexity index is 623. The van der Waals surface area contributed by atoms with Crippen LogP contribution in [0.3, 0.4) is 0 Å². The molecule has 110 valence electrons. The zero-order valence-corrected chi connectivity index (χ0v) is 13.1. The first kappa shape index (κ1) is 15.4. The fraction of sp³-hybridized carbons (Fsp3) is 0.188. The lowest BCUT2D eigenvalue weighted by Gasteiger charge is -2.11. The van der Waals surface area contributed by atoms with E-state index in [9.17, 15) is 4.79 Å². The van der Waals surface area contributed by atoms with Crippen LogP contribution in [0.2, 0.25) is 0 Å². The average molecular weight is 351 g/mol. The maximum atomic E-state index is 11.0. The van der Waals surface area contributed by atoms with E-state index < -0.39 is 5.97 Å². The SMILES string of the molecule is Cc1c(OCCOc2ccc(Br)cc2)cccc1C(=O)O. The van der Waals surface area contributed by atoms with Crippen molar-refractivity contribution in [1.82, 2.24) is 0 Å². The number of hydrogen-bond donors (Lipinski definition) is 1. The van der Waals surface area contributed by atoms with Crippen LogP contribution in [0.15, 0.2) is 46.9 Å². The lowest BCUT2D eigenvalue weighted by Crippen LogP contribution is -2.10. The normalized spacial score (nSPS) is 10.2. The van der Waals surface area contributed by atoms with Gasteiger partial charge in [-0.25, -0.2) is 4.79 Å². The first-order valence-corrected chi connectivity index (χ1v) is 7.21. The number of carboxylic acids is 1. The van der Waals surface area contributed by atoms with E-state index in [0.717, 1.165) is 10.2 Å². The fourth-order valence-corrected chi connectivity index (χ4v) is 2.11. The molecule has 21 heavy (non-hydrogen) atoms. The van der Waals surface area contributed by atoms with Crippen LogP contribution in [0.1, 0.15) is 15.9 Å². The quantitative estimate of drug-likeness (QED) is 0.802. The Morgan fingerprint density at radius 1 is 1.10 bits per heavy atom. The molecule has 0 aliphatic heterocycles. The minimum absolute atomic E-state index is 0.251. The smallest absolute Gasteiger partial charge is 0.336 e. The van der Waals surface area contributed by atoms with Crippen molar-refractivity contribution in [3.63, 3.8) is 0 Å². The van der Waals surface area contributed by atoms with E-state index >= 15 is 0 Å². The number of aromatic carboxylic acids is 1. The summed E-state index contributed by atoms with van der Waals surface area (Å²) in [6, 6.07) is 12.5. The topological polar surface area (TPSA) is 55.8 Å². The van der Waals surface area contributed by atoms with Crippen LogP contribution in [0, 0.1) is 6.92 Å². The Labute approximate surface area is 131 Å². The number of rotatable bonds is 6. The van der Waals surface area contributed by atoms with Gasteiger partial charge in [-0.1, -0.05) is 22.0 Å². The molecule has 4 nitrogen and oxygen atoms in total. The van der Waals surface area contributed by atoms with Crippen molar-refractivity contribution in [2.24, 2.45) is 0 Å². The molecule has 0 unspecified atom stereocenters. The highest BCUT2D eigenvalue weighted by molar-refractivity contribution is 9.10. The molecule has 2 aromatic carbocycles. The molecule has 2 aromatic rings. The average Bonchev–Trinajstić information content (AvgIpc) is 2.46. The molecule has 0 fully saturated rings. The molecule has 0 radical (unpaired) electrons. The Kier molecular flexibility index (Phi) is 5.22. The third-order valence-corrected chi connectivity index (χ3v) is 3.47. The van der Waals surface area contributed by atoms with E-state index in [1.165, 1.54) is 0 Å². The molecule has 1 N–H and O–H groups in total. The fourth-order valence-electron chi connectivity index (χ4n) is 1.84. The van der Waals surface area contributed by atoms with Crippen LogP contribution in [-0.4, -0.2) is 24.3 Å². The number of halogens is 1. The molecule has 0 heterocycles. The van der Waals surface area contributed by atoms with Gasteiger partial charge in [-0.3, -0.25) is 0 Å². The molecule has 0 aliphatic rings. The minimum Gasteiger partial charge on any atom is -0.490 e. The molecule has 0 saturated carbocycles. The first-order valence-electron chi connectivity index (χ1n) is 6.42. The number of benzene rings is 2. The summed E-state index contributed by atoms with van der Waals surface area (Å²) < 4.78 is 12.1. The summed E-state index contributed by atoms with van der Waals surface area (Å²) >= 11 is 3.36. The van der Waals surface area contributed by atoms with Crippen molar-refractivity contribution in [1.29, 1.82) is 0 Å². The molecule has 5 heteroatoms. The summed E-state index contributed by atoms with van der Waals surface area (Å²) in [6.07, 6.45) is 0. The molecular weight excluding hydrogens is 336 g/mol. The lowest BCUT2D eigenvalue weighted by atomic mass is 10.1. The lowest BCUT2D eigenvalue weighted by molar-refractivity contribution is 0.0695. The van der Waals surface area contributed by atoms with E-state index in [1.807, 2.05) is 24.3 Å². The molecule has 0 spiro atoms. The Morgan fingerprint density at radius 3 is 2.43 bits per heavy atom. The van der Waals surface area contributed by atoms with Gasteiger partial charge in [-0.05, 0) is 43.3 Å². The number of hydrogen-bond acceptors (Lipinski definition) is 3. The van der Waals surface area contributed by atoms with E-state index in [4.69, 9.17) is 14.6 Å². The van der Waals surface area contributed by atoms with Gasteiger partial charge in [0.05, 0.1) is 5.56 Å². The minimum atomic E-state index is -0.955. The molecule has 0 bridgehead atoms. The Balaban J connectivity index is 1.88. The van der Waals surface area contributed by atoms with Crippen molar-refractivity contribution in [3.8, 4) is 11.5 Å². The van der Waals surface area contributed by atoms with E-state index in [-0.39, 0.29) is 5.56 Å². The van der Waals surface area contributed by atoms with E-state index in [0.29, 0.717) is 24.5 Å². The molecule has 0 atom stereocenters. The van der Waals surface area contributed by atoms with E-state index in [2.05, 4.69) is 15.9 Å². The van der Waals surface area contributed by atoms with Gasteiger partial charge in [0.2, 0.25) is 0 Å². The number of carboxylic acid groups (broad SMARTS) is 1. The molecule has 2 rings (SSSR count). The highest BCUT2D eigenvalue weighted by Gasteiger charge is 2.10. The monoisotopic (exact) mass is 350 g/mol. The second kappa shape index (κ2) is 7.13. The van der Waals surface area contributed by atoms with Crippen molar-refractivity contribution in [3.05, 3.63) is 58.1 Å². The zero-order valence-electron chi connectivity index (χ0n) is 11.5. The Morgan fingerprint density at radius 2 is 1.76 bits per heavy atom. The van der Waals surface area contributed by atoms with Gasteiger partial charge in [-0.15, -0.1) is 0 Å². The van der Waals surface area contributed by atoms with Crippen LogP contribution in [0.4, 0.5) is 0 Å². The van der Waals surface area contributed by atoms with Gasteiger partial charge < -0.3 is 14.6 Å². The second-order valence-corrected chi connectivity index (χ2v) is 5.30. The Hall–Kier alpha value is -2.01. The third kappa shape index (κ3) is 4.23. The maximum absolute atomic E-state index is 11.0. The summed E-state index contributed by atoms with van der Waals surface area (Å²) in [4.78, 5) is 11.0. The van der Waals surface area contributed by atoms with Crippen LogP contribution in [0.25, 0.3) is 0 Å². The van der Waals surface area contributed by atoms with Crippen molar-refractivity contribution in [2.75, 3.05) is 13.2 Å². The van der Waals surface area contributed by atoms with Gasteiger partial charge in [-0.2, -0.15) is 0 Å². The van der Waals surface area contributed by atoms with Crippen LogP contribution >= 0.6 is 15.9 Å². The highest BCUT2D eigenvalue weighted by atomic mass is 79.9. The third-order valence-electron chi connectivity index (χ3n) is 2.94. The van der Waals surface area contributed by atoms with Crippen LogP contribution < -0.4 is 9.47 Å². The zero-order chi connectivity index (χ0) is 15.2. The summed E-state index contributed by atoms with van der Waals surface area (Å²) in [5, 5.41) is 9.05. The van der Waals surface area contributed by atoms with Gasteiger partial charge in [0, 0.05) is 10.0 Å². The predicted molar refractivity (Wildman–Crippen MR) is 83.3 cm³/mol. The largest absolute Gasteiger partial charge is 0.490 e. The molecule has 0 aromatic heterocycles. The van der Waals surface area contributed by atoms with Crippen molar-refractivity contribution in [2.45, 2.75) is 6.92 Å². The molecule has 0 saturated heterocycles. The summed E-state index contributed by atoms with van der Waals surface area (Å²) in [5.74, 6) is 0.371. The van der Waals surface area contributed by atoms with Gasteiger partial charge in [0.1, 0.15) is 24.7 Å². The van der Waals surface area contributed by atoms with Crippen molar-refractivity contribution < 1.29 is 19.4 Å². The maximum Gasteiger partial charge on any atom is 0.336 e. The van der Waals surface area contributed by atoms with Gasteiger partial charge in [0.15, 0.2) is 0 Å². The van der Waals surface area contributed by atoms with Gasteiger partial charge in [0.25, 0.3) is 0 Å². The number of ether oxygens (including phenoxy) is 2. The molecule has 0 aliphatic carbocycles. The summed E-state index contributed by atoms with van der Waals surface area (Å²) in [7, 11) is 0. The van der Waals surface area contributed by atoms with Crippen LogP contribution in [0.5, 0.6) is 11.5 Å². The number of carbonyl (C=O) groups is 1.